The van der Waals surface area contributed by atoms with E-state index < -0.39 is 12.2 Å². The zero-order chi connectivity index (χ0) is 22.5. The third-order valence-corrected chi connectivity index (χ3v) is 6.71. The highest BCUT2D eigenvalue weighted by molar-refractivity contribution is 6.30. The number of ether oxygens (including phenoxy) is 1. The van der Waals surface area contributed by atoms with Gasteiger partial charge in [-0.05, 0) is 73.4 Å². The summed E-state index contributed by atoms with van der Waals surface area (Å²) in [5.74, 6) is 0.740. The van der Waals surface area contributed by atoms with E-state index in [9.17, 15) is 17.6 Å². The summed E-state index contributed by atoms with van der Waals surface area (Å²) in [6, 6.07) is 7.32. The van der Waals surface area contributed by atoms with Crippen molar-refractivity contribution < 1.29 is 22.3 Å². The fraction of sp³-hybridized carbons (Fsp3) is 0.391. The molecule has 2 saturated carbocycles. The van der Waals surface area contributed by atoms with Crippen LogP contribution in [0.1, 0.15) is 19.3 Å². The second-order valence-electron chi connectivity index (χ2n) is 8.51. The van der Waals surface area contributed by atoms with Gasteiger partial charge in [-0.1, -0.05) is 11.6 Å². The summed E-state index contributed by atoms with van der Waals surface area (Å²) >= 11 is 5.76. The van der Waals surface area contributed by atoms with Gasteiger partial charge >= 0.3 is 6.18 Å². The van der Waals surface area contributed by atoms with Crippen molar-refractivity contribution in [3.8, 4) is 5.75 Å². The minimum atomic E-state index is -4.38. The van der Waals surface area contributed by atoms with Crippen LogP contribution >= 0.6 is 11.6 Å². The van der Waals surface area contributed by atoms with Gasteiger partial charge in [0, 0.05) is 17.8 Å². The van der Waals surface area contributed by atoms with Crippen molar-refractivity contribution in [3.05, 3.63) is 59.6 Å². The molecule has 0 amide bonds. The SMILES string of the molecule is Fc1ccc2nccc(OC3C[C@@H]4C(CC(Nc5ccc(Cl)cn5)C(F)(F)F)[C@@H]4C3)c2c1. The Balaban J connectivity index is 1.21. The van der Waals surface area contributed by atoms with E-state index in [1.54, 1.807) is 18.3 Å². The molecule has 9 heteroatoms. The maximum atomic E-state index is 13.7. The summed E-state index contributed by atoms with van der Waals surface area (Å²) in [6.07, 6.45) is -0.160. The van der Waals surface area contributed by atoms with Crippen LogP contribution < -0.4 is 10.1 Å². The Hall–Kier alpha value is -2.61. The van der Waals surface area contributed by atoms with E-state index in [4.69, 9.17) is 16.3 Å². The first kappa shape index (κ1) is 21.2. The fourth-order valence-electron chi connectivity index (χ4n) is 4.93. The van der Waals surface area contributed by atoms with Crippen LogP contribution in [0.2, 0.25) is 5.02 Å². The Morgan fingerprint density at radius 3 is 2.56 bits per heavy atom. The second kappa shape index (κ2) is 8.06. The van der Waals surface area contributed by atoms with Gasteiger partial charge in [-0.3, -0.25) is 4.98 Å². The van der Waals surface area contributed by atoms with E-state index in [2.05, 4.69) is 15.3 Å². The molecule has 5 atom stereocenters. The average molecular weight is 466 g/mol. The molecule has 4 nitrogen and oxygen atoms in total. The molecule has 5 rings (SSSR count). The molecule has 2 aliphatic carbocycles. The van der Waals surface area contributed by atoms with Crippen molar-refractivity contribution in [1.82, 2.24) is 9.97 Å². The van der Waals surface area contributed by atoms with E-state index >= 15 is 0 Å². The summed E-state index contributed by atoms with van der Waals surface area (Å²) in [5, 5.41) is 3.48. The highest BCUT2D eigenvalue weighted by atomic mass is 35.5. The summed E-state index contributed by atoms with van der Waals surface area (Å²) in [6.45, 7) is 0. The van der Waals surface area contributed by atoms with Crippen molar-refractivity contribution in [2.75, 3.05) is 5.32 Å². The predicted octanol–water partition coefficient (Wildman–Crippen LogP) is 6.26. The molecular weight excluding hydrogens is 446 g/mol. The van der Waals surface area contributed by atoms with Crippen molar-refractivity contribution >= 4 is 28.3 Å². The Morgan fingerprint density at radius 1 is 1.09 bits per heavy atom. The number of nitrogens with one attached hydrogen (secondary N) is 1. The second-order valence-corrected chi connectivity index (χ2v) is 8.95. The van der Waals surface area contributed by atoms with Crippen LogP contribution in [0.3, 0.4) is 0 Å². The van der Waals surface area contributed by atoms with Gasteiger partial charge in [-0.15, -0.1) is 0 Å². The number of aromatic nitrogens is 2. The predicted molar refractivity (Wildman–Crippen MR) is 113 cm³/mol. The number of anilines is 1. The molecule has 0 saturated heterocycles. The minimum absolute atomic E-state index is 0.000735. The molecule has 0 bridgehead atoms. The van der Waals surface area contributed by atoms with Crippen molar-refractivity contribution in [2.24, 2.45) is 17.8 Å². The van der Waals surface area contributed by atoms with Crippen LogP contribution in [-0.2, 0) is 0 Å². The number of alkyl halides is 3. The summed E-state index contributed by atoms with van der Waals surface area (Å²) in [5.41, 5.74) is 0.639. The third kappa shape index (κ3) is 4.33. The lowest BCUT2D eigenvalue weighted by Crippen LogP contribution is -2.37. The van der Waals surface area contributed by atoms with Gasteiger partial charge < -0.3 is 10.1 Å². The average Bonchev–Trinajstić information content (AvgIpc) is 3.18. The van der Waals surface area contributed by atoms with Crippen molar-refractivity contribution in [3.63, 3.8) is 0 Å². The lowest BCUT2D eigenvalue weighted by molar-refractivity contribution is -0.145. The molecule has 3 unspecified atom stereocenters. The van der Waals surface area contributed by atoms with Gasteiger partial charge in [0.1, 0.15) is 23.4 Å². The first-order valence-electron chi connectivity index (χ1n) is 10.4. The topological polar surface area (TPSA) is 47.0 Å². The van der Waals surface area contributed by atoms with Crippen molar-refractivity contribution in [1.29, 1.82) is 0 Å². The van der Waals surface area contributed by atoms with Gasteiger partial charge in [0.25, 0.3) is 0 Å². The van der Waals surface area contributed by atoms with E-state index in [1.807, 2.05) is 0 Å². The van der Waals surface area contributed by atoms with Gasteiger partial charge in [-0.2, -0.15) is 13.2 Å². The number of pyridine rings is 2. The molecule has 0 aliphatic heterocycles. The number of fused-ring (bicyclic) bond motifs is 2. The maximum absolute atomic E-state index is 13.7. The van der Waals surface area contributed by atoms with Crippen LogP contribution in [-0.4, -0.2) is 28.3 Å². The van der Waals surface area contributed by atoms with Crippen LogP contribution in [0.4, 0.5) is 23.4 Å². The largest absolute Gasteiger partial charge is 0.490 e. The Bertz CT molecular complexity index is 1110. The molecule has 2 aliphatic rings. The normalized spacial score (nSPS) is 25.4. The van der Waals surface area contributed by atoms with Crippen LogP contribution in [0.5, 0.6) is 5.75 Å². The number of hydrogen-bond acceptors (Lipinski definition) is 4. The number of nitrogens with zero attached hydrogens (tertiary/aromatic N) is 2. The lowest BCUT2D eigenvalue weighted by Gasteiger charge is -2.24. The van der Waals surface area contributed by atoms with Gasteiger partial charge in [-0.25, -0.2) is 9.37 Å². The number of halogens is 5. The van der Waals surface area contributed by atoms with E-state index in [0.717, 1.165) is 0 Å². The number of hydrogen-bond donors (Lipinski definition) is 1. The summed E-state index contributed by atoms with van der Waals surface area (Å²) in [4.78, 5) is 8.14. The van der Waals surface area contributed by atoms with Crippen molar-refractivity contribution in [2.45, 2.75) is 37.6 Å². The third-order valence-electron chi connectivity index (χ3n) is 6.49. The molecule has 0 spiro atoms. The molecule has 1 aromatic carbocycles. The smallest absolute Gasteiger partial charge is 0.408 e. The van der Waals surface area contributed by atoms with Crippen LogP contribution in [0.25, 0.3) is 10.9 Å². The Labute approximate surface area is 187 Å². The van der Waals surface area contributed by atoms with E-state index in [-0.39, 0.29) is 41.9 Å². The zero-order valence-electron chi connectivity index (χ0n) is 16.8. The van der Waals surface area contributed by atoms with Gasteiger partial charge in [0.15, 0.2) is 0 Å². The zero-order valence-corrected chi connectivity index (χ0v) is 17.6. The number of rotatable bonds is 6. The maximum Gasteiger partial charge on any atom is 0.408 e. The first-order valence-corrected chi connectivity index (χ1v) is 10.8. The molecular formula is C23H20ClF4N3O. The highest BCUT2D eigenvalue weighted by Gasteiger charge is 2.58. The molecule has 3 aromatic rings. The number of benzene rings is 1. The Morgan fingerprint density at radius 2 is 1.88 bits per heavy atom. The van der Waals surface area contributed by atoms with E-state index in [0.29, 0.717) is 34.5 Å². The van der Waals surface area contributed by atoms with Crippen LogP contribution in [0.15, 0.2) is 48.8 Å². The first-order chi connectivity index (χ1) is 15.3. The van der Waals surface area contributed by atoms with Crippen LogP contribution in [0, 0.1) is 23.6 Å². The molecule has 1 N–H and O–H groups in total. The minimum Gasteiger partial charge on any atom is -0.490 e. The molecule has 2 heterocycles. The van der Waals surface area contributed by atoms with E-state index in [1.165, 1.54) is 30.5 Å². The molecule has 168 valence electrons. The monoisotopic (exact) mass is 465 g/mol. The highest BCUT2D eigenvalue weighted by Crippen LogP contribution is 2.60. The summed E-state index contributed by atoms with van der Waals surface area (Å²) in [7, 11) is 0. The van der Waals surface area contributed by atoms with Gasteiger partial charge in [0.2, 0.25) is 0 Å². The van der Waals surface area contributed by atoms with Gasteiger partial charge in [0.05, 0.1) is 16.6 Å². The Kier molecular flexibility index (Phi) is 5.35. The molecule has 0 radical (unpaired) electrons. The summed E-state index contributed by atoms with van der Waals surface area (Å²) < 4.78 is 60.6. The fourth-order valence-corrected chi connectivity index (χ4v) is 5.05. The molecule has 2 fully saturated rings. The standard InChI is InChI=1S/C23H20ClF4N3O/c24-12-1-4-22(30-11-12)31-21(23(26,27)28)10-17-15-8-14(9-16(15)17)32-20-5-6-29-19-3-2-13(25)7-18(19)20/h1-7,11,14-17,21H,8-10H2,(H,30,31)/t14?,15-,16+,17?,21?. The molecule has 32 heavy (non-hydrogen) atoms. The quantitative estimate of drug-likeness (QED) is 0.436. The molecule has 2 aromatic heterocycles. The lowest BCUT2D eigenvalue weighted by atomic mass is 10.0.